The zero-order chi connectivity index (χ0) is 24.7. The van der Waals surface area contributed by atoms with Crippen LogP contribution in [-0.2, 0) is 37.9 Å². The van der Waals surface area contributed by atoms with Crippen molar-refractivity contribution in [2.24, 2.45) is 10.8 Å². The van der Waals surface area contributed by atoms with Gasteiger partial charge in [0.15, 0.2) is 0 Å². The Morgan fingerprint density at radius 1 is 0.839 bits per heavy atom. The van der Waals surface area contributed by atoms with E-state index >= 15 is 0 Å². The van der Waals surface area contributed by atoms with E-state index in [1.54, 1.807) is 13.8 Å². The van der Waals surface area contributed by atoms with Crippen LogP contribution in [0.5, 0.6) is 0 Å². The summed E-state index contributed by atoms with van der Waals surface area (Å²) in [7, 11) is -4.46. The van der Waals surface area contributed by atoms with Crippen molar-refractivity contribution in [1.29, 1.82) is 0 Å². The minimum Gasteiger partial charge on any atom is -0.463 e. The molecule has 0 aromatic heterocycles. The van der Waals surface area contributed by atoms with Crippen molar-refractivity contribution >= 4 is 19.8 Å². The second-order valence-electron chi connectivity index (χ2n) is 8.11. The van der Waals surface area contributed by atoms with Gasteiger partial charge < -0.3 is 19.3 Å². The topological polar surface area (TPSA) is 138 Å². The van der Waals surface area contributed by atoms with Crippen LogP contribution in [0.2, 0.25) is 0 Å². The summed E-state index contributed by atoms with van der Waals surface area (Å²) in [6, 6.07) is 0. The molecule has 0 bridgehead atoms. The third kappa shape index (κ3) is 18.0. The van der Waals surface area contributed by atoms with Crippen molar-refractivity contribution < 1.29 is 47.7 Å². The van der Waals surface area contributed by atoms with E-state index in [4.69, 9.17) is 29.0 Å². The summed E-state index contributed by atoms with van der Waals surface area (Å²) >= 11 is 0. The highest BCUT2D eigenvalue weighted by atomic mass is 31.2. The van der Waals surface area contributed by atoms with Crippen LogP contribution < -0.4 is 0 Å². The minimum atomic E-state index is -4.46. The molecular weight excluding hydrogens is 431 g/mol. The minimum absolute atomic E-state index is 0.159. The van der Waals surface area contributed by atoms with E-state index < -0.39 is 24.6 Å². The quantitative estimate of drug-likeness (QED) is 0.0967. The fraction of sp³-hybridized carbons (Fsp3) is 0.800. The van der Waals surface area contributed by atoms with E-state index in [0.29, 0.717) is 13.0 Å². The van der Waals surface area contributed by atoms with Crippen LogP contribution in [0.4, 0.5) is 0 Å². The highest BCUT2D eigenvalue weighted by molar-refractivity contribution is 7.46. The smallest absolute Gasteiger partial charge is 0.463 e. The summed E-state index contributed by atoms with van der Waals surface area (Å²) < 4.78 is 24.2. The fourth-order valence-electron chi connectivity index (χ4n) is 1.34. The average Bonchev–Trinajstić information content (AvgIpc) is 2.66. The van der Waals surface area contributed by atoms with E-state index in [-0.39, 0.29) is 32.4 Å². The van der Waals surface area contributed by atoms with E-state index in [2.05, 4.69) is 11.1 Å². The zero-order valence-electron chi connectivity index (χ0n) is 19.8. The van der Waals surface area contributed by atoms with Gasteiger partial charge in [-0.25, -0.2) is 14.3 Å². The third-order valence-corrected chi connectivity index (χ3v) is 4.76. The average molecular weight is 470 g/mol. The van der Waals surface area contributed by atoms with Crippen molar-refractivity contribution in [1.82, 2.24) is 0 Å². The van der Waals surface area contributed by atoms with Crippen LogP contribution in [-0.4, -0.2) is 54.8 Å². The second-order valence-corrected chi connectivity index (χ2v) is 9.35. The van der Waals surface area contributed by atoms with Gasteiger partial charge >= 0.3 is 19.8 Å². The number of phosphoric ester groups is 1. The Morgan fingerprint density at radius 3 is 1.61 bits per heavy atom. The number of phosphoric acid groups is 1. The Hall–Kier alpha value is -1.29. The first-order valence-electron chi connectivity index (χ1n) is 10.0. The first kappa shape index (κ1) is 31.9. The Balaban J connectivity index is 0. The third-order valence-electron chi connectivity index (χ3n) is 4.24. The Bertz CT molecular complexity index is 595. The summed E-state index contributed by atoms with van der Waals surface area (Å²) in [5.74, 6) is -0.613. The molecule has 0 aliphatic carbocycles. The van der Waals surface area contributed by atoms with Crippen LogP contribution in [0, 0.1) is 10.8 Å². The number of hydrogen-bond acceptors (Lipinski definition) is 8. The van der Waals surface area contributed by atoms with Gasteiger partial charge in [-0.3, -0.25) is 14.1 Å². The molecule has 0 fully saturated rings. The number of hydrogen-bond donors (Lipinski definition) is 2. The first-order chi connectivity index (χ1) is 14.1. The molecule has 0 spiro atoms. The van der Waals surface area contributed by atoms with Gasteiger partial charge in [-0.2, -0.15) is 0 Å². The molecule has 0 atom stereocenters. The molecule has 0 aliphatic rings. The zero-order valence-corrected chi connectivity index (χ0v) is 20.7. The van der Waals surface area contributed by atoms with Gasteiger partial charge in [-0.05, 0) is 47.5 Å². The molecule has 0 unspecified atom stereocenters. The number of esters is 2. The van der Waals surface area contributed by atoms with Crippen molar-refractivity contribution in [2.75, 3.05) is 33.0 Å². The molecule has 2 N–H and O–H groups in total. The highest BCUT2D eigenvalue weighted by Gasteiger charge is 2.27. The van der Waals surface area contributed by atoms with Crippen LogP contribution in [0.1, 0.15) is 61.3 Å². The maximum atomic E-state index is 11.5. The fourth-order valence-corrected chi connectivity index (χ4v) is 1.65. The maximum absolute atomic E-state index is 11.5. The summed E-state index contributed by atoms with van der Waals surface area (Å²) in [6.45, 7) is 16.8. The molecule has 10 nitrogen and oxygen atoms in total. The van der Waals surface area contributed by atoms with Crippen LogP contribution >= 0.6 is 7.82 Å². The number of carbonyl (C=O) groups excluding carboxylic acids is 2. The summed E-state index contributed by atoms with van der Waals surface area (Å²) in [6.07, 6.45) is 1.38. The van der Waals surface area contributed by atoms with Crippen molar-refractivity contribution in [3.05, 3.63) is 12.2 Å². The van der Waals surface area contributed by atoms with Gasteiger partial charge in [-0.1, -0.05) is 26.0 Å². The van der Waals surface area contributed by atoms with Gasteiger partial charge in [0.05, 0.1) is 17.4 Å². The monoisotopic (exact) mass is 470 g/mol. The van der Waals surface area contributed by atoms with Gasteiger partial charge in [0.1, 0.15) is 26.4 Å². The maximum Gasteiger partial charge on any atom is 0.469 e. The Morgan fingerprint density at radius 2 is 1.26 bits per heavy atom. The predicted octanol–water partition coefficient (Wildman–Crippen LogP) is 3.57. The van der Waals surface area contributed by atoms with Gasteiger partial charge in [0, 0.05) is 0 Å². The van der Waals surface area contributed by atoms with Gasteiger partial charge in [-0.15, -0.1) is 0 Å². The molecule has 0 saturated carbocycles. The molecule has 0 radical (unpaired) electrons. The molecule has 0 aromatic carbocycles. The van der Waals surface area contributed by atoms with Gasteiger partial charge in [0.2, 0.25) is 0 Å². The van der Waals surface area contributed by atoms with Crippen molar-refractivity contribution in [2.45, 2.75) is 61.3 Å². The van der Waals surface area contributed by atoms with Crippen LogP contribution in [0.3, 0.4) is 0 Å². The molecule has 0 rings (SSSR count). The lowest BCUT2D eigenvalue weighted by Gasteiger charge is -2.20. The lowest BCUT2D eigenvalue weighted by molar-refractivity contribution is -0.292. The normalized spacial score (nSPS) is 11.9. The lowest BCUT2D eigenvalue weighted by atomic mass is 9.91. The molecular formula is C20H39O10P. The summed E-state index contributed by atoms with van der Waals surface area (Å²) in [4.78, 5) is 49.1. The van der Waals surface area contributed by atoms with Crippen molar-refractivity contribution in [3.63, 3.8) is 0 Å². The van der Waals surface area contributed by atoms with E-state index in [9.17, 15) is 14.2 Å². The van der Waals surface area contributed by atoms with Gasteiger partial charge in [0.25, 0.3) is 0 Å². The molecule has 184 valence electrons. The van der Waals surface area contributed by atoms with E-state index in [1.165, 1.54) is 0 Å². The summed E-state index contributed by atoms with van der Waals surface area (Å²) in [5, 5.41) is 0. The molecule has 0 amide bonds. The molecule has 31 heavy (non-hydrogen) atoms. The van der Waals surface area contributed by atoms with Crippen LogP contribution in [0.25, 0.3) is 0 Å². The standard InChI is InChI=1S/C12H22O4.C8H17O6P/c1-6-12(4,5)11(13)14-7-8-15-16-9-10(2)3;1-4-8(2,3)7(9)13-5-6-14-15(10,11)12/h2,6-9H2,1,3-5H3;4-6H2,1-3H3,(H2,10,11,12). The Labute approximate surface area is 185 Å². The number of carbonyl (C=O) groups is 2. The lowest BCUT2D eigenvalue weighted by Crippen LogP contribution is -2.27. The molecule has 0 saturated heterocycles. The second kappa shape index (κ2) is 15.5. The van der Waals surface area contributed by atoms with E-state index in [0.717, 1.165) is 12.0 Å². The summed E-state index contributed by atoms with van der Waals surface area (Å²) in [5.41, 5.74) is -0.134. The molecule has 0 heterocycles. The van der Waals surface area contributed by atoms with Crippen LogP contribution in [0.15, 0.2) is 12.2 Å². The Kier molecular flexibility index (Phi) is 15.9. The number of rotatable bonds is 14. The highest BCUT2D eigenvalue weighted by Crippen LogP contribution is 2.35. The largest absolute Gasteiger partial charge is 0.469 e. The number of ether oxygens (including phenoxy) is 2. The SMILES string of the molecule is C=C(C)COOCCOC(=O)C(C)(C)CC.CCC(C)(C)C(=O)OCCOP(=O)(O)O. The molecule has 11 heteroatoms. The molecule has 0 aliphatic heterocycles. The van der Waals surface area contributed by atoms with Crippen molar-refractivity contribution in [3.8, 4) is 0 Å². The predicted molar refractivity (Wildman–Crippen MR) is 115 cm³/mol. The van der Waals surface area contributed by atoms with E-state index in [1.807, 2.05) is 34.6 Å². The molecule has 0 aromatic rings. The first-order valence-corrected chi connectivity index (χ1v) is 11.6.